The first-order chi connectivity index (χ1) is 7.75. The van der Waals surface area contributed by atoms with Gasteiger partial charge < -0.3 is 5.32 Å². The van der Waals surface area contributed by atoms with Crippen LogP contribution in [0.25, 0.3) is 0 Å². The van der Waals surface area contributed by atoms with Crippen molar-refractivity contribution in [2.24, 2.45) is 0 Å². The maximum absolute atomic E-state index is 12.9. The molecule has 1 saturated heterocycles. The van der Waals surface area contributed by atoms with E-state index in [1.165, 1.54) is 25.0 Å². The largest absolute Gasteiger partial charge is 0.314 e. The highest BCUT2D eigenvalue weighted by atomic mass is 19.2. The van der Waals surface area contributed by atoms with Gasteiger partial charge in [-0.3, -0.25) is 0 Å². The Morgan fingerprint density at radius 1 is 1.25 bits per heavy atom. The van der Waals surface area contributed by atoms with Gasteiger partial charge in [0, 0.05) is 6.04 Å². The lowest BCUT2D eigenvalue weighted by molar-refractivity contribution is 0.504. The average Bonchev–Trinajstić information content (AvgIpc) is 2.76. The minimum absolute atomic E-state index is 0.630. The summed E-state index contributed by atoms with van der Waals surface area (Å²) in [6.45, 7) is 1.12. The van der Waals surface area contributed by atoms with Crippen molar-refractivity contribution in [3.8, 4) is 0 Å². The van der Waals surface area contributed by atoms with Gasteiger partial charge in [0.25, 0.3) is 0 Å². The molecule has 1 aliphatic heterocycles. The summed E-state index contributed by atoms with van der Waals surface area (Å²) in [6, 6.07) is 4.81. The fourth-order valence-electron chi connectivity index (χ4n) is 2.25. The number of benzene rings is 1. The molecule has 1 nitrogen and oxygen atoms in total. The predicted molar refractivity (Wildman–Crippen MR) is 60.3 cm³/mol. The van der Waals surface area contributed by atoms with Gasteiger partial charge in [-0.2, -0.15) is 0 Å². The second-order valence-corrected chi connectivity index (χ2v) is 4.43. The van der Waals surface area contributed by atoms with Gasteiger partial charge in [-0.1, -0.05) is 6.07 Å². The van der Waals surface area contributed by atoms with Gasteiger partial charge in [-0.25, -0.2) is 8.78 Å². The normalized spacial score (nSPS) is 20.2. The third-order valence-corrected chi connectivity index (χ3v) is 3.16. The van der Waals surface area contributed by atoms with Gasteiger partial charge in [-0.05, 0) is 56.3 Å². The summed E-state index contributed by atoms with van der Waals surface area (Å²) in [4.78, 5) is 0. The molecule has 2 rings (SSSR count). The standard InChI is InChI=1S/C13H17F2N/c14-12-7-6-10(9-13(12)15)3-1-4-11-5-2-8-16-11/h6-7,9,11,16H,1-5,8H2. The van der Waals surface area contributed by atoms with E-state index in [9.17, 15) is 8.78 Å². The molecule has 1 unspecified atom stereocenters. The number of halogens is 2. The molecule has 88 valence electrons. The molecule has 1 aromatic carbocycles. The monoisotopic (exact) mass is 225 g/mol. The van der Waals surface area contributed by atoms with Crippen LogP contribution >= 0.6 is 0 Å². The third-order valence-electron chi connectivity index (χ3n) is 3.16. The van der Waals surface area contributed by atoms with Gasteiger partial charge in [-0.15, -0.1) is 0 Å². The van der Waals surface area contributed by atoms with E-state index in [1.54, 1.807) is 6.07 Å². The van der Waals surface area contributed by atoms with E-state index >= 15 is 0 Å². The molecule has 1 atom stereocenters. The Hall–Kier alpha value is -0.960. The van der Waals surface area contributed by atoms with Crippen LogP contribution in [0.3, 0.4) is 0 Å². The minimum Gasteiger partial charge on any atom is -0.314 e. The SMILES string of the molecule is Fc1ccc(CCCC2CCCN2)cc1F. The Bertz CT molecular complexity index is 346. The molecule has 1 aromatic rings. The van der Waals surface area contributed by atoms with Crippen LogP contribution in [0.5, 0.6) is 0 Å². The minimum atomic E-state index is -0.763. The number of hydrogen-bond donors (Lipinski definition) is 1. The van der Waals surface area contributed by atoms with Crippen molar-refractivity contribution in [2.45, 2.75) is 38.1 Å². The first-order valence-electron chi connectivity index (χ1n) is 5.93. The highest BCUT2D eigenvalue weighted by Gasteiger charge is 2.13. The lowest BCUT2D eigenvalue weighted by Gasteiger charge is -2.09. The summed E-state index contributed by atoms with van der Waals surface area (Å²) in [5, 5.41) is 3.43. The van der Waals surface area contributed by atoms with Crippen molar-refractivity contribution in [3.05, 3.63) is 35.4 Å². The molecule has 0 radical (unpaired) electrons. The lowest BCUT2D eigenvalue weighted by Crippen LogP contribution is -2.21. The highest BCUT2D eigenvalue weighted by molar-refractivity contribution is 5.17. The van der Waals surface area contributed by atoms with Crippen LogP contribution in [-0.4, -0.2) is 12.6 Å². The molecule has 16 heavy (non-hydrogen) atoms. The van der Waals surface area contributed by atoms with Gasteiger partial charge >= 0.3 is 0 Å². The van der Waals surface area contributed by atoms with Crippen LogP contribution in [0.1, 0.15) is 31.2 Å². The molecule has 3 heteroatoms. The Morgan fingerprint density at radius 3 is 2.81 bits per heavy atom. The summed E-state index contributed by atoms with van der Waals surface area (Å²) in [5.74, 6) is -1.50. The zero-order valence-electron chi connectivity index (χ0n) is 9.31. The van der Waals surface area contributed by atoms with Crippen molar-refractivity contribution in [3.63, 3.8) is 0 Å². The predicted octanol–water partition coefficient (Wildman–Crippen LogP) is 3.04. The summed E-state index contributed by atoms with van der Waals surface area (Å²) in [6.07, 6.45) is 5.49. The Morgan fingerprint density at radius 2 is 2.12 bits per heavy atom. The maximum Gasteiger partial charge on any atom is 0.159 e. The molecule has 1 aliphatic rings. The molecular formula is C13H17F2N. The van der Waals surface area contributed by atoms with Crippen molar-refractivity contribution < 1.29 is 8.78 Å². The quantitative estimate of drug-likeness (QED) is 0.830. The van der Waals surface area contributed by atoms with Crippen LogP contribution < -0.4 is 5.32 Å². The van der Waals surface area contributed by atoms with E-state index in [2.05, 4.69) is 5.32 Å². The third kappa shape index (κ3) is 3.01. The molecule has 1 fully saturated rings. The van der Waals surface area contributed by atoms with Gasteiger partial charge in [0.05, 0.1) is 0 Å². The first kappa shape index (κ1) is 11.5. The topological polar surface area (TPSA) is 12.0 Å². The molecule has 0 saturated carbocycles. The fraction of sp³-hybridized carbons (Fsp3) is 0.538. The molecule has 1 heterocycles. The molecule has 0 aliphatic carbocycles. The number of aryl methyl sites for hydroxylation is 1. The maximum atomic E-state index is 12.9. The number of hydrogen-bond acceptors (Lipinski definition) is 1. The van der Waals surface area contributed by atoms with Crippen LogP contribution in [0.15, 0.2) is 18.2 Å². The van der Waals surface area contributed by atoms with Crippen LogP contribution in [0, 0.1) is 11.6 Å². The van der Waals surface area contributed by atoms with E-state index in [1.807, 2.05) is 0 Å². The van der Waals surface area contributed by atoms with E-state index in [0.717, 1.165) is 31.4 Å². The fourth-order valence-corrected chi connectivity index (χ4v) is 2.25. The lowest BCUT2D eigenvalue weighted by atomic mass is 10.0. The van der Waals surface area contributed by atoms with Crippen LogP contribution in [-0.2, 0) is 6.42 Å². The molecule has 0 bridgehead atoms. The van der Waals surface area contributed by atoms with Gasteiger partial charge in [0.15, 0.2) is 11.6 Å². The van der Waals surface area contributed by atoms with Gasteiger partial charge in [0.2, 0.25) is 0 Å². The van der Waals surface area contributed by atoms with E-state index in [4.69, 9.17) is 0 Å². The summed E-state index contributed by atoms with van der Waals surface area (Å²) < 4.78 is 25.6. The summed E-state index contributed by atoms with van der Waals surface area (Å²) >= 11 is 0. The highest BCUT2D eigenvalue weighted by Crippen LogP contribution is 2.15. The van der Waals surface area contributed by atoms with Crippen molar-refractivity contribution >= 4 is 0 Å². The zero-order valence-corrected chi connectivity index (χ0v) is 9.31. The second kappa shape index (κ2) is 5.39. The van der Waals surface area contributed by atoms with E-state index < -0.39 is 11.6 Å². The second-order valence-electron chi connectivity index (χ2n) is 4.43. The number of rotatable bonds is 4. The Kier molecular flexibility index (Phi) is 3.88. The molecule has 0 amide bonds. The number of nitrogens with one attached hydrogen (secondary N) is 1. The molecule has 0 spiro atoms. The van der Waals surface area contributed by atoms with Crippen molar-refractivity contribution in [1.82, 2.24) is 5.32 Å². The Labute approximate surface area is 94.9 Å². The summed E-state index contributed by atoms with van der Waals surface area (Å²) in [5.41, 5.74) is 0.886. The first-order valence-corrected chi connectivity index (χ1v) is 5.93. The van der Waals surface area contributed by atoms with Crippen molar-refractivity contribution in [2.75, 3.05) is 6.54 Å². The summed E-state index contributed by atoms with van der Waals surface area (Å²) in [7, 11) is 0. The molecular weight excluding hydrogens is 208 g/mol. The van der Waals surface area contributed by atoms with Crippen LogP contribution in [0.4, 0.5) is 8.78 Å². The zero-order chi connectivity index (χ0) is 11.4. The average molecular weight is 225 g/mol. The van der Waals surface area contributed by atoms with Crippen molar-refractivity contribution in [1.29, 1.82) is 0 Å². The smallest absolute Gasteiger partial charge is 0.159 e. The van der Waals surface area contributed by atoms with E-state index in [-0.39, 0.29) is 0 Å². The molecule has 1 N–H and O–H groups in total. The van der Waals surface area contributed by atoms with Gasteiger partial charge in [0.1, 0.15) is 0 Å². The molecule has 0 aromatic heterocycles. The Balaban J connectivity index is 1.78. The van der Waals surface area contributed by atoms with Crippen LogP contribution in [0.2, 0.25) is 0 Å². The van der Waals surface area contributed by atoms with E-state index in [0.29, 0.717) is 6.04 Å².